The number of rotatable bonds is 2. The highest BCUT2D eigenvalue weighted by Gasteiger charge is 2.36. The number of aryl methyl sites for hydroxylation is 1. The van der Waals surface area contributed by atoms with Crippen molar-refractivity contribution in [2.75, 3.05) is 0 Å². The molecule has 1 aromatic carbocycles. The van der Waals surface area contributed by atoms with Crippen LogP contribution in [0.3, 0.4) is 0 Å². The first-order valence-corrected chi connectivity index (χ1v) is 6.56. The van der Waals surface area contributed by atoms with E-state index in [1.165, 1.54) is 12.1 Å². The summed E-state index contributed by atoms with van der Waals surface area (Å²) in [5.41, 5.74) is -0.302. The second kappa shape index (κ2) is 5.19. The van der Waals surface area contributed by atoms with E-state index in [0.717, 1.165) is 25.7 Å². The van der Waals surface area contributed by atoms with Gasteiger partial charge in [0.25, 0.3) is 0 Å². The summed E-state index contributed by atoms with van der Waals surface area (Å²) < 4.78 is 13.3. The van der Waals surface area contributed by atoms with Gasteiger partial charge in [0.15, 0.2) is 5.78 Å². The average Bonchev–Trinajstić information content (AvgIpc) is 2.53. The molecule has 0 amide bonds. The Morgan fingerprint density at radius 3 is 2.33 bits per heavy atom. The van der Waals surface area contributed by atoms with E-state index in [4.69, 9.17) is 0 Å². The summed E-state index contributed by atoms with van der Waals surface area (Å²) >= 11 is 0. The van der Waals surface area contributed by atoms with Crippen molar-refractivity contribution in [3.8, 4) is 0 Å². The maximum absolute atomic E-state index is 13.3. The molecule has 0 atom stereocenters. The molecule has 0 radical (unpaired) electrons. The third kappa shape index (κ3) is 2.78. The van der Waals surface area contributed by atoms with Crippen molar-refractivity contribution in [2.24, 2.45) is 0 Å². The lowest BCUT2D eigenvalue weighted by Crippen LogP contribution is -2.38. The molecule has 1 saturated carbocycles. The first-order valence-electron chi connectivity index (χ1n) is 6.56. The van der Waals surface area contributed by atoms with Crippen LogP contribution in [-0.4, -0.2) is 16.5 Å². The van der Waals surface area contributed by atoms with Gasteiger partial charge in [0, 0.05) is 5.56 Å². The topological polar surface area (TPSA) is 37.3 Å². The molecule has 1 aliphatic rings. The third-order valence-corrected chi connectivity index (χ3v) is 3.66. The van der Waals surface area contributed by atoms with Crippen LogP contribution in [-0.2, 0) is 0 Å². The summed E-state index contributed by atoms with van der Waals surface area (Å²) in [7, 11) is 0. The smallest absolute Gasteiger partial charge is 0.194 e. The molecule has 2 rings (SSSR count). The molecule has 2 nitrogen and oxygen atoms in total. The zero-order valence-corrected chi connectivity index (χ0v) is 10.7. The Labute approximate surface area is 107 Å². The fraction of sp³-hybridized carbons (Fsp3) is 0.533. The van der Waals surface area contributed by atoms with Crippen LogP contribution in [0.5, 0.6) is 0 Å². The van der Waals surface area contributed by atoms with Gasteiger partial charge < -0.3 is 5.11 Å². The molecule has 1 fully saturated rings. The van der Waals surface area contributed by atoms with Crippen LogP contribution in [0.15, 0.2) is 18.2 Å². The van der Waals surface area contributed by atoms with Crippen LogP contribution in [0.4, 0.5) is 4.39 Å². The van der Waals surface area contributed by atoms with Crippen LogP contribution >= 0.6 is 0 Å². The van der Waals surface area contributed by atoms with E-state index < -0.39 is 11.4 Å². The Hall–Kier alpha value is -1.22. The van der Waals surface area contributed by atoms with E-state index >= 15 is 0 Å². The van der Waals surface area contributed by atoms with Crippen LogP contribution in [0.2, 0.25) is 0 Å². The van der Waals surface area contributed by atoms with Gasteiger partial charge >= 0.3 is 0 Å². The quantitative estimate of drug-likeness (QED) is 0.645. The van der Waals surface area contributed by atoms with E-state index in [1.54, 1.807) is 13.0 Å². The number of aliphatic hydroxyl groups is 1. The molecular weight excluding hydrogens is 231 g/mol. The lowest BCUT2D eigenvalue weighted by atomic mass is 9.86. The largest absolute Gasteiger partial charge is 0.382 e. The van der Waals surface area contributed by atoms with E-state index in [-0.39, 0.29) is 11.3 Å². The minimum absolute atomic E-state index is 0.289. The fourth-order valence-electron chi connectivity index (χ4n) is 2.68. The number of halogens is 1. The summed E-state index contributed by atoms with van der Waals surface area (Å²) in [6, 6.07) is 4.25. The summed E-state index contributed by atoms with van der Waals surface area (Å²) in [5, 5.41) is 10.5. The van der Waals surface area contributed by atoms with Crippen molar-refractivity contribution in [3.05, 3.63) is 35.1 Å². The van der Waals surface area contributed by atoms with Gasteiger partial charge in [-0.2, -0.15) is 0 Å². The van der Waals surface area contributed by atoms with Crippen LogP contribution in [0.1, 0.15) is 54.4 Å². The molecule has 1 aromatic rings. The molecule has 0 aliphatic heterocycles. The molecule has 3 heteroatoms. The monoisotopic (exact) mass is 250 g/mol. The Morgan fingerprint density at radius 2 is 1.78 bits per heavy atom. The maximum Gasteiger partial charge on any atom is 0.194 e. The van der Waals surface area contributed by atoms with Gasteiger partial charge in [-0.3, -0.25) is 4.79 Å². The minimum Gasteiger partial charge on any atom is -0.382 e. The van der Waals surface area contributed by atoms with Gasteiger partial charge in [-0.25, -0.2) is 4.39 Å². The second-order valence-electron chi connectivity index (χ2n) is 5.29. The minimum atomic E-state index is -1.29. The number of carbonyl (C=O) groups excluding carboxylic acids is 1. The Morgan fingerprint density at radius 1 is 1.17 bits per heavy atom. The Kier molecular flexibility index (Phi) is 3.81. The Bertz CT molecular complexity index is 426. The molecule has 0 heterocycles. The number of benzene rings is 1. The maximum atomic E-state index is 13.3. The highest BCUT2D eigenvalue weighted by molar-refractivity contribution is 6.02. The molecule has 98 valence electrons. The zero-order valence-electron chi connectivity index (χ0n) is 10.7. The molecule has 0 bridgehead atoms. The first-order chi connectivity index (χ1) is 8.51. The molecule has 0 aromatic heterocycles. The summed E-state index contributed by atoms with van der Waals surface area (Å²) in [6.45, 7) is 1.75. The van der Waals surface area contributed by atoms with Gasteiger partial charge in [-0.1, -0.05) is 25.7 Å². The van der Waals surface area contributed by atoms with Crippen molar-refractivity contribution >= 4 is 5.78 Å². The molecule has 18 heavy (non-hydrogen) atoms. The van der Waals surface area contributed by atoms with Gasteiger partial charge in [-0.05, 0) is 43.5 Å². The van der Waals surface area contributed by atoms with Crippen LogP contribution in [0.25, 0.3) is 0 Å². The third-order valence-electron chi connectivity index (χ3n) is 3.66. The van der Waals surface area contributed by atoms with Crippen LogP contribution < -0.4 is 0 Å². The van der Waals surface area contributed by atoms with Gasteiger partial charge in [0.2, 0.25) is 0 Å². The van der Waals surface area contributed by atoms with Gasteiger partial charge in [-0.15, -0.1) is 0 Å². The summed E-state index contributed by atoms with van der Waals surface area (Å²) in [5.74, 6) is -0.748. The molecule has 0 unspecified atom stereocenters. The first kappa shape index (κ1) is 13.2. The number of hydrogen-bond acceptors (Lipinski definition) is 2. The standard InChI is InChI=1S/C15H19FO2/c1-11-8-12(10-13(16)9-11)14(17)15(18)6-4-2-3-5-7-15/h8-10,18H,2-7H2,1H3. The zero-order chi connectivity index (χ0) is 13.2. The Balaban J connectivity index is 2.28. The second-order valence-corrected chi connectivity index (χ2v) is 5.29. The molecule has 1 aliphatic carbocycles. The van der Waals surface area contributed by atoms with Gasteiger partial charge in [0.05, 0.1) is 0 Å². The molecule has 1 N–H and O–H groups in total. The number of Topliss-reactive ketones (excluding diaryl/α,β-unsaturated/α-hetero) is 1. The SMILES string of the molecule is Cc1cc(F)cc(C(=O)C2(O)CCCCCC2)c1. The van der Waals surface area contributed by atoms with Gasteiger partial charge in [0.1, 0.15) is 11.4 Å². The predicted molar refractivity (Wildman–Crippen MR) is 68.1 cm³/mol. The molecular formula is C15H19FO2. The number of carbonyl (C=O) groups is 1. The summed E-state index contributed by atoms with van der Waals surface area (Å²) in [4.78, 5) is 12.4. The fourth-order valence-corrected chi connectivity index (χ4v) is 2.68. The van der Waals surface area contributed by atoms with Crippen molar-refractivity contribution in [1.82, 2.24) is 0 Å². The predicted octanol–water partition coefficient (Wildman–Crippen LogP) is 3.40. The van der Waals surface area contributed by atoms with Crippen molar-refractivity contribution in [1.29, 1.82) is 0 Å². The lowest BCUT2D eigenvalue weighted by molar-refractivity contribution is 0.0237. The molecule has 0 spiro atoms. The highest BCUT2D eigenvalue weighted by Crippen LogP contribution is 2.30. The molecule has 0 saturated heterocycles. The van der Waals surface area contributed by atoms with Crippen molar-refractivity contribution < 1.29 is 14.3 Å². The number of ketones is 1. The lowest BCUT2D eigenvalue weighted by Gasteiger charge is -2.25. The summed E-state index contributed by atoms with van der Waals surface area (Å²) in [6.07, 6.45) is 4.80. The van der Waals surface area contributed by atoms with Crippen LogP contribution in [0, 0.1) is 12.7 Å². The van der Waals surface area contributed by atoms with E-state index in [0.29, 0.717) is 18.4 Å². The van der Waals surface area contributed by atoms with Crippen molar-refractivity contribution in [3.63, 3.8) is 0 Å². The van der Waals surface area contributed by atoms with E-state index in [9.17, 15) is 14.3 Å². The van der Waals surface area contributed by atoms with E-state index in [1.807, 2.05) is 0 Å². The van der Waals surface area contributed by atoms with Crippen molar-refractivity contribution in [2.45, 2.75) is 51.0 Å². The number of hydrogen-bond donors (Lipinski definition) is 1. The average molecular weight is 250 g/mol. The normalized spacial score (nSPS) is 19.3. The highest BCUT2D eigenvalue weighted by atomic mass is 19.1. The van der Waals surface area contributed by atoms with E-state index in [2.05, 4.69) is 0 Å².